The van der Waals surface area contributed by atoms with Gasteiger partial charge in [0.1, 0.15) is 0 Å². The summed E-state index contributed by atoms with van der Waals surface area (Å²) in [5.74, 6) is 0.194. The minimum Gasteiger partial charge on any atom is -0.326 e. The van der Waals surface area contributed by atoms with E-state index in [-0.39, 0.29) is 30.1 Å². The molecule has 1 fully saturated rings. The summed E-state index contributed by atoms with van der Waals surface area (Å²) < 4.78 is 0. The third kappa shape index (κ3) is 3.74. The zero-order chi connectivity index (χ0) is 13.9. The normalized spacial score (nSPS) is 20.8. The number of fused-ring (bicyclic) bond motifs is 1. The number of benzene rings is 1. The summed E-state index contributed by atoms with van der Waals surface area (Å²) in [4.78, 5) is 23.5. The molecule has 1 aromatic rings. The van der Waals surface area contributed by atoms with Crippen molar-refractivity contribution < 1.29 is 9.59 Å². The number of piperidine rings is 1. The summed E-state index contributed by atoms with van der Waals surface area (Å²) in [6.07, 6.45) is 3.24. The highest BCUT2D eigenvalue weighted by Gasteiger charge is 2.21. The van der Waals surface area contributed by atoms with Gasteiger partial charge in [0.25, 0.3) is 0 Å². The van der Waals surface area contributed by atoms with E-state index in [0.29, 0.717) is 6.42 Å². The molecule has 0 radical (unpaired) electrons. The maximum absolute atomic E-state index is 12.2. The van der Waals surface area contributed by atoms with Crippen LogP contribution in [0.1, 0.15) is 24.8 Å². The number of carbonyl (C=O) groups is 2. The van der Waals surface area contributed by atoms with E-state index >= 15 is 0 Å². The lowest BCUT2D eigenvalue weighted by atomic mass is 9.98. The Morgan fingerprint density at radius 2 is 2.14 bits per heavy atom. The van der Waals surface area contributed by atoms with Gasteiger partial charge >= 0.3 is 0 Å². The molecule has 2 aliphatic heterocycles. The van der Waals surface area contributed by atoms with Gasteiger partial charge in [-0.2, -0.15) is 0 Å². The molecule has 2 heterocycles. The van der Waals surface area contributed by atoms with E-state index in [0.717, 1.165) is 49.3 Å². The molecular formula is C15H20ClN3O2. The number of hydrogen-bond acceptors (Lipinski definition) is 3. The number of nitrogens with one attached hydrogen (secondary N) is 3. The molecule has 0 spiro atoms. The summed E-state index contributed by atoms with van der Waals surface area (Å²) in [6, 6.07) is 5.67. The first kappa shape index (κ1) is 15.8. The van der Waals surface area contributed by atoms with Crippen LogP contribution in [0.25, 0.3) is 0 Å². The zero-order valence-corrected chi connectivity index (χ0v) is 12.6. The van der Waals surface area contributed by atoms with Crippen LogP contribution in [0.4, 0.5) is 11.4 Å². The third-order valence-corrected chi connectivity index (χ3v) is 3.94. The second-order valence-electron chi connectivity index (χ2n) is 5.45. The van der Waals surface area contributed by atoms with Gasteiger partial charge < -0.3 is 16.0 Å². The van der Waals surface area contributed by atoms with Gasteiger partial charge in [0.2, 0.25) is 11.8 Å². The standard InChI is InChI=1S/C15H19N3O2.ClH/c19-14-6-3-10-8-12(4-5-13(10)18-14)17-15(20)11-2-1-7-16-9-11;/h4-5,8,11,16H,1-3,6-7,9H2,(H,17,20)(H,18,19);1H. The molecule has 1 saturated heterocycles. The average Bonchev–Trinajstić information content (AvgIpc) is 2.48. The Hall–Kier alpha value is -1.59. The first-order chi connectivity index (χ1) is 9.72. The van der Waals surface area contributed by atoms with E-state index in [1.807, 2.05) is 18.2 Å². The third-order valence-electron chi connectivity index (χ3n) is 3.94. The van der Waals surface area contributed by atoms with Crippen LogP contribution >= 0.6 is 12.4 Å². The lowest BCUT2D eigenvalue weighted by Gasteiger charge is -2.22. The van der Waals surface area contributed by atoms with Crippen molar-refractivity contribution in [3.05, 3.63) is 23.8 Å². The minimum atomic E-state index is 0. The first-order valence-electron chi connectivity index (χ1n) is 7.17. The van der Waals surface area contributed by atoms with Crippen molar-refractivity contribution in [3.8, 4) is 0 Å². The lowest BCUT2D eigenvalue weighted by Crippen LogP contribution is -2.37. The molecule has 5 nitrogen and oxygen atoms in total. The van der Waals surface area contributed by atoms with Crippen LogP contribution in [0.3, 0.4) is 0 Å². The van der Waals surface area contributed by atoms with Crippen LogP contribution in [-0.2, 0) is 16.0 Å². The Kier molecular flexibility index (Phi) is 5.20. The molecule has 2 amide bonds. The van der Waals surface area contributed by atoms with Crippen LogP contribution in [0, 0.1) is 5.92 Å². The zero-order valence-electron chi connectivity index (χ0n) is 11.8. The molecule has 21 heavy (non-hydrogen) atoms. The van der Waals surface area contributed by atoms with Crippen LogP contribution in [-0.4, -0.2) is 24.9 Å². The molecule has 1 atom stereocenters. The second kappa shape index (κ2) is 6.91. The van der Waals surface area contributed by atoms with Crippen LogP contribution in [0.5, 0.6) is 0 Å². The highest BCUT2D eigenvalue weighted by molar-refractivity contribution is 5.96. The van der Waals surface area contributed by atoms with Gasteiger partial charge in [-0.3, -0.25) is 9.59 Å². The largest absolute Gasteiger partial charge is 0.326 e. The van der Waals surface area contributed by atoms with Crippen molar-refractivity contribution in [2.75, 3.05) is 23.7 Å². The molecular weight excluding hydrogens is 290 g/mol. The number of aryl methyl sites for hydroxylation is 1. The Balaban J connectivity index is 0.00000161. The number of rotatable bonds is 2. The highest BCUT2D eigenvalue weighted by atomic mass is 35.5. The molecule has 0 bridgehead atoms. The fourth-order valence-electron chi connectivity index (χ4n) is 2.78. The van der Waals surface area contributed by atoms with Crippen molar-refractivity contribution in [3.63, 3.8) is 0 Å². The highest BCUT2D eigenvalue weighted by Crippen LogP contribution is 2.26. The molecule has 2 aliphatic rings. The van der Waals surface area contributed by atoms with Crippen molar-refractivity contribution in [1.82, 2.24) is 5.32 Å². The summed E-state index contributed by atoms with van der Waals surface area (Å²) in [5.41, 5.74) is 2.76. The monoisotopic (exact) mass is 309 g/mol. The van der Waals surface area contributed by atoms with Gasteiger partial charge in [0, 0.05) is 24.3 Å². The number of hydrogen-bond donors (Lipinski definition) is 3. The maximum atomic E-state index is 12.2. The van der Waals surface area contributed by atoms with E-state index in [4.69, 9.17) is 0 Å². The summed E-state index contributed by atoms with van der Waals surface area (Å²) in [6.45, 7) is 1.76. The van der Waals surface area contributed by atoms with Crippen LogP contribution in [0.15, 0.2) is 18.2 Å². The van der Waals surface area contributed by atoms with Crippen molar-refractivity contribution >= 4 is 35.6 Å². The Morgan fingerprint density at radius 3 is 2.90 bits per heavy atom. The van der Waals surface area contributed by atoms with Crippen LogP contribution < -0.4 is 16.0 Å². The topological polar surface area (TPSA) is 70.2 Å². The Labute approximate surface area is 130 Å². The summed E-state index contributed by atoms with van der Waals surface area (Å²) in [5, 5.41) is 9.07. The smallest absolute Gasteiger partial charge is 0.228 e. The van der Waals surface area contributed by atoms with Crippen molar-refractivity contribution in [2.24, 2.45) is 5.92 Å². The van der Waals surface area contributed by atoms with E-state index in [2.05, 4.69) is 16.0 Å². The minimum absolute atomic E-state index is 0. The number of carbonyl (C=O) groups excluding carboxylic acids is 2. The quantitative estimate of drug-likeness (QED) is 0.782. The molecule has 1 aromatic carbocycles. The fraction of sp³-hybridized carbons (Fsp3) is 0.467. The van der Waals surface area contributed by atoms with Gasteiger partial charge in [-0.1, -0.05) is 0 Å². The molecule has 1 unspecified atom stereocenters. The summed E-state index contributed by atoms with van der Waals surface area (Å²) >= 11 is 0. The Bertz CT molecular complexity index is 542. The first-order valence-corrected chi connectivity index (χ1v) is 7.17. The predicted molar refractivity (Wildman–Crippen MR) is 84.9 cm³/mol. The maximum Gasteiger partial charge on any atom is 0.228 e. The SMILES string of the molecule is Cl.O=C1CCc2cc(NC(=O)C3CCCNC3)ccc2N1. The lowest BCUT2D eigenvalue weighted by molar-refractivity contribution is -0.120. The molecule has 0 aromatic heterocycles. The molecule has 6 heteroatoms. The van der Waals surface area contributed by atoms with Crippen molar-refractivity contribution in [2.45, 2.75) is 25.7 Å². The summed E-state index contributed by atoms with van der Waals surface area (Å²) in [7, 11) is 0. The van der Waals surface area contributed by atoms with Gasteiger partial charge in [0.15, 0.2) is 0 Å². The van der Waals surface area contributed by atoms with Crippen molar-refractivity contribution in [1.29, 1.82) is 0 Å². The predicted octanol–water partition coefficient (Wildman–Crippen LogP) is 1.93. The molecule has 0 aliphatic carbocycles. The van der Waals surface area contributed by atoms with Gasteiger partial charge in [-0.15, -0.1) is 12.4 Å². The van der Waals surface area contributed by atoms with E-state index in [1.165, 1.54) is 0 Å². The Morgan fingerprint density at radius 1 is 1.29 bits per heavy atom. The van der Waals surface area contributed by atoms with Crippen LogP contribution in [0.2, 0.25) is 0 Å². The fourth-order valence-corrected chi connectivity index (χ4v) is 2.78. The van der Waals surface area contributed by atoms with E-state index in [9.17, 15) is 9.59 Å². The van der Waals surface area contributed by atoms with E-state index in [1.54, 1.807) is 0 Å². The number of anilines is 2. The van der Waals surface area contributed by atoms with Gasteiger partial charge in [0.05, 0.1) is 5.92 Å². The number of halogens is 1. The molecule has 114 valence electrons. The van der Waals surface area contributed by atoms with Gasteiger partial charge in [-0.25, -0.2) is 0 Å². The molecule has 3 N–H and O–H groups in total. The van der Waals surface area contributed by atoms with E-state index < -0.39 is 0 Å². The average molecular weight is 310 g/mol. The number of amides is 2. The molecule has 3 rings (SSSR count). The van der Waals surface area contributed by atoms with Gasteiger partial charge in [-0.05, 0) is 49.6 Å². The second-order valence-corrected chi connectivity index (χ2v) is 5.45. The molecule has 0 saturated carbocycles.